The van der Waals surface area contributed by atoms with Crippen molar-refractivity contribution in [2.75, 3.05) is 18.2 Å². The third-order valence-electron chi connectivity index (χ3n) is 4.15. The van der Waals surface area contributed by atoms with Crippen molar-refractivity contribution in [3.63, 3.8) is 0 Å². The number of carbonyl (C=O) groups is 1. The summed E-state index contributed by atoms with van der Waals surface area (Å²) in [5.41, 5.74) is 6.47. The molecule has 8 heteroatoms. The molecule has 0 aliphatic heterocycles. The van der Waals surface area contributed by atoms with Gasteiger partial charge in [0, 0.05) is 12.1 Å². The van der Waals surface area contributed by atoms with Crippen LogP contribution >= 0.6 is 0 Å². The van der Waals surface area contributed by atoms with Gasteiger partial charge in [-0.3, -0.25) is 0 Å². The van der Waals surface area contributed by atoms with Crippen molar-refractivity contribution in [3.05, 3.63) is 17.7 Å². The van der Waals surface area contributed by atoms with E-state index in [-0.39, 0.29) is 35.9 Å². The quantitative estimate of drug-likeness (QED) is 0.735. The zero-order valence-electron chi connectivity index (χ0n) is 12.6. The van der Waals surface area contributed by atoms with Crippen molar-refractivity contribution in [1.29, 1.82) is 0 Å². The van der Waals surface area contributed by atoms with Crippen LogP contribution in [0.3, 0.4) is 0 Å². The van der Waals surface area contributed by atoms with Crippen molar-refractivity contribution < 1.29 is 27.8 Å². The number of hydrogen-bond acceptors (Lipinski definition) is 4. The van der Waals surface area contributed by atoms with E-state index in [0.717, 1.165) is 0 Å². The van der Waals surface area contributed by atoms with Crippen LogP contribution < -0.4 is 15.8 Å². The fraction of sp³-hybridized carbons (Fsp3) is 0.533. The van der Waals surface area contributed by atoms with E-state index in [1.807, 2.05) is 0 Å². The number of nitrogens with one attached hydrogen (secondary N) is 1. The van der Waals surface area contributed by atoms with Gasteiger partial charge in [-0.25, -0.2) is 4.79 Å². The minimum Gasteiger partial charge on any atom is -0.496 e. The standard InChI is InChI=1S/C15H19F3N2O3/c1-23-13-7-12(11(19)6-10(13)14(21)22)20-9-4-2-8(3-5-9)15(16,17)18/h6-9,20H,2-5,19H2,1H3,(H,21,22)/t8-,9-. The van der Waals surface area contributed by atoms with Crippen LogP contribution in [0.2, 0.25) is 0 Å². The smallest absolute Gasteiger partial charge is 0.391 e. The summed E-state index contributed by atoms with van der Waals surface area (Å²) < 4.78 is 43.0. The highest BCUT2D eigenvalue weighted by molar-refractivity contribution is 5.94. The first-order valence-electron chi connectivity index (χ1n) is 7.26. The van der Waals surface area contributed by atoms with Gasteiger partial charge in [-0.05, 0) is 31.7 Å². The van der Waals surface area contributed by atoms with Gasteiger partial charge < -0.3 is 20.9 Å². The molecule has 0 unspecified atom stereocenters. The van der Waals surface area contributed by atoms with E-state index in [1.54, 1.807) is 0 Å². The van der Waals surface area contributed by atoms with Crippen LogP contribution in [0.5, 0.6) is 5.75 Å². The lowest BCUT2D eigenvalue weighted by Gasteiger charge is -2.31. The molecule has 1 aliphatic rings. The Morgan fingerprint density at radius 3 is 2.39 bits per heavy atom. The Morgan fingerprint density at radius 2 is 1.91 bits per heavy atom. The molecule has 23 heavy (non-hydrogen) atoms. The first-order chi connectivity index (χ1) is 10.7. The average Bonchev–Trinajstić information content (AvgIpc) is 2.48. The Kier molecular flexibility index (Phi) is 4.91. The van der Waals surface area contributed by atoms with E-state index in [9.17, 15) is 18.0 Å². The molecule has 4 N–H and O–H groups in total. The molecule has 5 nitrogen and oxygen atoms in total. The summed E-state index contributed by atoms with van der Waals surface area (Å²) in [5, 5.41) is 12.2. The molecule has 1 aromatic carbocycles. The van der Waals surface area contributed by atoms with Crippen molar-refractivity contribution in [1.82, 2.24) is 0 Å². The Bertz CT molecular complexity index is 582. The Labute approximate surface area is 131 Å². The predicted molar refractivity (Wildman–Crippen MR) is 79.8 cm³/mol. The second-order valence-electron chi connectivity index (χ2n) is 5.68. The number of nitrogens with two attached hydrogens (primary N) is 1. The van der Waals surface area contributed by atoms with Crippen LogP contribution in [-0.4, -0.2) is 30.4 Å². The maximum atomic E-state index is 12.7. The first kappa shape index (κ1) is 17.2. The highest BCUT2D eigenvalue weighted by atomic mass is 19.4. The molecule has 1 aliphatic carbocycles. The number of methoxy groups -OCH3 is 1. The van der Waals surface area contributed by atoms with Crippen molar-refractivity contribution in [2.45, 2.75) is 37.9 Å². The molecule has 0 amide bonds. The molecule has 0 saturated heterocycles. The van der Waals surface area contributed by atoms with E-state index >= 15 is 0 Å². The van der Waals surface area contributed by atoms with Gasteiger partial charge in [0.05, 0.1) is 24.4 Å². The van der Waals surface area contributed by atoms with E-state index < -0.39 is 18.1 Å². The lowest BCUT2D eigenvalue weighted by molar-refractivity contribution is -0.182. The van der Waals surface area contributed by atoms with Gasteiger partial charge in [0.2, 0.25) is 0 Å². The van der Waals surface area contributed by atoms with E-state index in [1.165, 1.54) is 19.2 Å². The van der Waals surface area contributed by atoms with Gasteiger partial charge in [0.15, 0.2) is 0 Å². The van der Waals surface area contributed by atoms with Crippen molar-refractivity contribution >= 4 is 17.3 Å². The normalized spacial score (nSPS) is 21.7. The summed E-state index contributed by atoms with van der Waals surface area (Å²) in [5.74, 6) is -2.26. The number of halogens is 3. The van der Waals surface area contributed by atoms with Crippen LogP contribution in [0.1, 0.15) is 36.0 Å². The zero-order chi connectivity index (χ0) is 17.2. The second-order valence-corrected chi connectivity index (χ2v) is 5.68. The van der Waals surface area contributed by atoms with Crippen LogP contribution in [0, 0.1) is 5.92 Å². The van der Waals surface area contributed by atoms with E-state index in [4.69, 9.17) is 15.6 Å². The summed E-state index contributed by atoms with van der Waals surface area (Å²) in [6.07, 6.45) is -3.23. The minimum atomic E-state index is -4.14. The maximum absolute atomic E-state index is 12.7. The maximum Gasteiger partial charge on any atom is 0.391 e. The third-order valence-corrected chi connectivity index (χ3v) is 4.15. The molecular weight excluding hydrogens is 313 g/mol. The van der Waals surface area contributed by atoms with Gasteiger partial charge in [-0.2, -0.15) is 13.2 Å². The number of alkyl halides is 3. The summed E-state index contributed by atoms with van der Waals surface area (Å²) in [6, 6.07) is 2.62. The SMILES string of the molecule is COc1cc(N[C@H]2CC[C@H](C(F)(F)F)CC2)c(N)cc1C(=O)O. The number of hydrogen-bond donors (Lipinski definition) is 3. The van der Waals surface area contributed by atoms with Crippen LogP contribution in [0.25, 0.3) is 0 Å². The number of ether oxygens (including phenoxy) is 1. The highest BCUT2D eigenvalue weighted by Gasteiger charge is 2.41. The van der Waals surface area contributed by atoms with E-state index in [2.05, 4.69) is 5.32 Å². The molecule has 0 spiro atoms. The second kappa shape index (κ2) is 6.55. The molecule has 1 aromatic rings. The van der Waals surface area contributed by atoms with E-state index in [0.29, 0.717) is 18.5 Å². The fourth-order valence-electron chi connectivity index (χ4n) is 2.84. The summed E-state index contributed by atoms with van der Waals surface area (Å²) in [4.78, 5) is 11.1. The number of nitrogen functional groups attached to an aromatic ring is 1. The van der Waals surface area contributed by atoms with Crippen LogP contribution in [-0.2, 0) is 0 Å². The van der Waals surface area contributed by atoms with Crippen LogP contribution in [0.4, 0.5) is 24.5 Å². The third kappa shape index (κ3) is 4.00. The van der Waals surface area contributed by atoms with Gasteiger partial charge in [-0.15, -0.1) is 0 Å². The van der Waals surface area contributed by atoms with Crippen molar-refractivity contribution in [2.24, 2.45) is 5.92 Å². The molecule has 128 valence electrons. The lowest BCUT2D eigenvalue weighted by Crippen LogP contribution is -2.33. The Morgan fingerprint density at radius 1 is 1.30 bits per heavy atom. The predicted octanol–water partition coefficient (Wildman–Crippen LogP) is 3.51. The molecule has 0 heterocycles. The molecule has 0 bridgehead atoms. The molecule has 0 atom stereocenters. The van der Waals surface area contributed by atoms with Crippen molar-refractivity contribution in [3.8, 4) is 5.75 Å². The topological polar surface area (TPSA) is 84.6 Å². The lowest BCUT2D eigenvalue weighted by atomic mass is 9.85. The zero-order valence-corrected chi connectivity index (χ0v) is 12.6. The molecular formula is C15H19F3N2O3. The van der Waals surface area contributed by atoms with Crippen LogP contribution in [0.15, 0.2) is 12.1 Å². The summed E-state index contributed by atoms with van der Waals surface area (Å²) in [6.45, 7) is 0. The first-order valence-corrected chi connectivity index (χ1v) is 7.26. The molecule has 1 saturated carbocycles. The number of anilines is 2. The number of rotatable bonds is 4. The van der Waals surface area contributed by atoms with Gasteiger partial charge in [-0.1, -0.05) is 0 Å². The Balaban J connectivity index is 2.08. The number of carboxylic acid groups (broad SMARTS) is 1. The molecule has 1 fully saturated rings. The summed E-state index contributed by atoms with van der Waals surface area (Å²) in [7, 11) is 1.34. The minimum absolute atomic E-state index is 0.0590. The number of aromatic carboxylic acids is 1. The van der Waals surface area contributed by atoms with Gasteiger partial charge in [0.1, 0.15) is 11.3 Å². The molecule has 0 aromatic heterocycles. The molecule has 0 radical (unpaired) electrons. The number of carboxylic acids is 1. The van der Waals surface area contributed by atoms with Gasteiger partial charge in [0.25, 0.3) is 0 Å². The molecule has 2 rings (SSSR count). The Hall–Kier alpha value is -2.12. The highest BCUT2D eigenvalue weighted by Crippen LogP contribution is 2.39. The monoisotopic (exact) mass is 332 g/mol. The number of benzene rings is 1. The average molecular weight is 332 g/mol. The van der Waals surface area contributed by atoms with Gasteiger partial charge >= 0.3 is 12.1 Å². The fourth-order valence-corrected chi connectivity index (χ4v) is 2.84. The largest absolute Gasteiger partial charge is 0.496 e. The summed E-state index contributed by atoms with van der Waals surface area (Å²) >= 11 is 0.